The largest absolute Gasteiger partial charge is 0.344 e. The molecule has 42 heavy (non-hydrogen) atoms. The quantitative estimate of drug-likeness (QED) is 0.237. The van der Waals surface area contributed by atoms with Gasteiger partial charge in [-0.15, -0.1) is 0 Å². The first kappa shape index (κ1) is 28.9. The summed E-state index contributed by atoms with van der Waals surface area (Å²) in [6.07, 6.45) is 1.49. The summed E-state index contributed by atoms with van der Waals surface area (Å²) in [6, 6.07) is 11.1. The summed E-state index contributed by atoms with van der Waals surface area (Å²) in [7, 11) is 0. The summed E-state index contributed by atoms with van der Waals surface area (Å²) in [5.41, 5.74) is 0.990. The molecule has 0 aliphatic carbocycles. The fourth-order valence-corrected chi connectivity index (χ4v) is 5.50. The smallest absolute Gasteiger partial charge is 0.287 e. The monoisotopic (exact) mass is 609 g/mol. The van der Waals surface area contributed by atoms with E-state index in [4.69, 9.17) is 11.6 Å². The highest BCUT2D eigenvalue weighted by atomic mass is 35.5. The molecule has 0 bridgehead atoms. The van der Waals surface area contributed by atoms with Crippen LogP contribution < -0.4 is 10.6 Å². The Kier molecular flexibility index (Phi) is 8.31. The number of amides is 2. The Balaban J connectivity index is 1.61. The third kappa shape index (κ3) is 6.02. The highest BCUT2D eigenvalue weighted by Crippen LogP contribution is 2.36. The zero-order chi connectivity index (χ0) is 30.0. The van der Waals surface area contributed by atoms with Gasteiger partial charge in [0.05, 0.1) is 29.2 Å². The van der Waals surface area contributed by atoms with Gasteiger partial charge < -0.3 is 15.2 Å². The van der Waals surface area contributed by atoms with Crippen LogP contribution in [0, 0.1) is 11.6 Å². The molecular weight excluding hydrogens is 588 g/mol. The molecule has 0 unspecified atom stereocenters. The minimum Gasteiger partial charge on any atom is -0.344 e. The number of rotatable bonds is 9. The number of aromatic nitrogens is 5. The number of nitrogens with one attached hydrogen (secondary N) is 2. The first-order chi connectivity index (χ1) is 20.1. The highest BCUT2D eigenvalue weighted by Gasteiger charge is 2.30. The van der Waals surface area contributed by atoms with Gasteiger partial charge in [0.25, 0.3) is 11.8 Å². The summed E-state index contributed by atoms with van der Waals surface area (Å²) in [5, 5.41) is 13.6. The van der Waals surface area contributed by atoms with Crippen molar-refractivity contribution < 1.29 is 23.2 Å². The lowest BCUT2D eigenvalue weighted by Crippen LogP contribution is -2.28. The van der Waals surface area contributed by atoms with Gasteiger partial charge in [-0.1, -0.05) is 18.5 Å². The topological polar surface area (TPSA) is 132 Å². The molecular formula is C28H22ClF2N7O3S. The zero-order valence-electron chi connectivity index (χ0n) is 22.2. The molecule has 5 aromatic rings. The molecule has 14 heteroatoms. The van der Waals surface area contributed by atoms with Crippen molar-refractivity contribution in [3.63, 3.8) is 0 Å². The molecule has 2 N–H and O–H groups in total. The molecule has 214 valence electrons. The van der Waals surface area contributed by atoms with Crippen LogP contribution in [-0.2, 0) is 17.9 Å². The van der Waals surface area contributed by atoms with E-state index >= 15 is 0 Å². The van der Waals surface area contributed by atoms with Crippen LogP contribution in [0.2, 0.25) is 5.02 Å². The molecule has 2 aromatic carbocycles. The Hall–Kier alpha value is -4.62. The molecule has 10 nitrogen and oxygen atoms in total. The van der Waals surface area contributed by atoms with Gasteiger partial charge in [0.1, 0.15) is 23.1 Å². The van der Waals surface area contributed by atoms with Crippen LogP contribution in [0.4, 0.5) is 14.6 Å². The average Bonchev–Trinajstić information content (AvgIpc) is 3.54. The summed E-state index contributed by atoms with van der Waals surface area (Å²) in [6.45, 7) is 2.74. The predicted octanol–water partition coefficient (Wildman–Crippen LogP) is 5.14. The second-order valence-electron chi connectivity index (χ2n) is 9.37. The number of benzene rings is 2. The van der Waals surface area contributed by atoms with Gasteiger partial charge in [0.15, 0.2) is 5.82 Å². The molecule has 2 amide bonds. The van der Waals surface area contributed by atoms with E-state index in [-0.39, 0.29) is 46.9 Å². The number of carbonyl (C=O) groups is 3. The maximum atomic E-state index is 14.3. The number of halogens is 3. The van der Waals surface area contributed by atoms with Gasteiger partial charge >= 0.3 is 0 Å². The van der Waals surface area contributed by atoms with Crippen LogP contribution in [0.1, 0.15) is 57.8 Å². The van der Waals surface area contributed by atoms with Gasteiger partial charge in [-0.25, -0.2) is 13.8 Å². The van der Waals surface area contributed by atoms with Gasteiger partial charge in [-0.2, -0.15) is 14.6 Å². The number of anilines is 1. The van der Waals surface area contributed by atoms with Gasteiger partial charge in [0, 0.05) is 22.5 Å². The molecule has 0 aliphatic heterocycles. The van der Waals surface area contributed by atoms with Crippen LogP contribution in [0.3, 0.4) is 0 Å². The molecule has 0 saturated carbocycles. The summed E-state index contributed by atoms with van der Waals surface area (Å²) >= 11 is 7.44. The fourth-order valence-electron chi connectivity index (χ4n) is 4.47. The molecule has 3 aromatic heterocycles. The van der Waals surface area contributed by atoms with Crippen molar-refractivity contribution >= 4 is 56.6 Å². The summed E-state index contributed by atoms with van der Waals surface area (Å²) in [4.78, 5) is 43.6. The molecule has 0 spiro atoms. The summed E-state index contributed by atoms with van der Waals surface area (Å²) < 4.78 is 34.4. The predicted molar refractivity (Wildman–Crippen MR) is 153 cm³/mol. The summed E-state index contributed by atoms with van der Waals surface area (Å²) in [5.74, 6) is -3.80. The Labute approximate surface area is 246 Å². The van der Waals surface area contributed by atoms with Crippen molar-refractivity contribution in [1.29, 1.82) is 0 Å². The van der Waals surface area contributed by atoms with E-state index in [0.717, 1.165) is 11.5 Å². The van der Waals surface area contributed by atoms with E-state index in [9.17, 15) is 23.2 Å². The SMILES string of the molecule is CC(=O)Cn1c(C(=O)NCc2cccnn2)nc(NC(=O)c2nsc3ccc(F)cc23)c1[C@H](C)c1cc(F)ccc1Cl. The van der Waals surface area contributed by atoms with E-state index in [1.165, 1.54) is 54.1 Å². The van der Waals surface area contributed by atoms with Crippen molar-refractivity contribution in [1.82, 2.24) is 29.4 Å². The fraction of sp³-hybridized carbons (Fsp3) is 0.179. The number of Topliss-reactive ketones (excluding diaryl/α,β-unsaturated/α-hetero) is 1. The standard InChI is InChI=1S/C28H22ClF2N7O3S/c1-14(39)13-38-24(15(2)19-10-16(30)5-7-21(19)29)25(34-26(38)28(41)32-12-18-4-3-9-33-36-18)35-27(40)23-20-11-17(31)6-8-22(20)42-37-23/h3-11,15H,12-13H2,1-2H3,(H,32,41)(H,35,40)/t15-/m1/s1. The van der Waals surface area contributed by atoms with Crippen LogP contribution in [0.25, 0.3) is 10.1 Å². The molecule has 1 atom stereocenters. The lowest BCUT2D eigenvalue weighted by molar-refractivity contribution is -0.117. The van der Waals surface area contributed by atoms with Crippen molar-refractivity contribution in [3.05, 3.63) is 99.9 Å². The number of hydrogen-bond donors (Lipinski definition) is 2. The molecule has 0 aliphatic rings. The van der Waals surface area contributed by atoms with Crippen molar-refractivity contribution in [3.8, 4) is 0 Å². The number of ketones is 1. The highest BCUT2D eigenvalue weighted by molar-refractivity contribution is 7.13. The maximum Gasteiger partial charge on any atom is 0.287 e. The maximum absolute atomic E-state index is 14.3. The first-order valence-electron chi connectivity index (χ1n) is 12.6. The first-order valence-corrected chi connectivity index (χ1v) is 13.7. The number of imidazole rings is 1. The number of nitrogens with zero attached hydrogens (tertiary/aromatic N) is 5. The van der Waals surface area contributed by atoms with E-state index in [0.29, 0.717) is 21.3 Å². The lowest BCUT2D eigenvalue weighted by Gasteiger charge is -2.19. The van der Waals surface area contributed by atoms with Gasteiger partial charge in [-0.3, -0.25) is 14.4 Å². The zero-order valence-corrected chi connectivity index (χ0v) is 23.8. The molecule has 0 fully saturated rings. The van der Waals surface area contributed by atoms with Crippen LogP contribution in [-0.4, -0.2) is 41.7 Å². The normalized spacial score (nSPS) is 11.8. The number of hydrogen-bond acceptors (Lipinski definition) is 8. The number of fused-ring (bicyclic) bond motifs is 1. The Morgan fingerprint density at radius 1 is 1.07 bits per heavy atom. The molecule has 0 radical (unpaired) electrons. The lowest BCUT2D eigenvalue weighted by atomic mass is 9.96. The van der Waals surface area contributed by atoms with E-state index in [1.807, 2.05) is 0 Å². The van der Waals surface area contributed by atoms with Crippen LogP contribution in [0.5, 0.6) is 0 Å². The minimum atomic E-state index is -0.749. The van der Waals surface area contributed by atoms with Crippen LogP contribution in [0.15, 0.2) is 54.7 Å². The molecule has 3 heterocycles. The Morgan fingerprint density at radius 3 is 2.57 bits per heavy atom. The van der Waals surface area contributed by atoms with E-state index in [1.54, 1.807) is 19.1 Å². The van der Waals surface area contributed by atoms with Crippen molar-refractivity contribution in [2.45, 2.75) is 32.9 Å². The second kappa shape index (κ2) is 12.1. The average molecular weight is 610 g/mol. The van der Waals surface area contributed by atoms with E-state index in [2.05, 4.69) is 30.2 Å². The Bertz CT molecular complexity index is 1830. The third-order valence-corrected chi connectivity index (χ3v) is 7.53. The van der Waals surface area contributed by atoms with E-state index < -0.39 is 29.4 Å². The van der Waals surface area contributed by atoms with Gasteiger partial charge in [0.2, 0.25) is 5.82 Å². The van der Waals surface area contributed by atoms with Gasteiger partial charge in [-0.05, 0) is 72.6 Å². The van der Waals surface area contributed by atoms with Crippen molar-refractivity contribution in [2.75, 3.05) is 5.32 Å². The third-order valence-electron chi connectivity index (χ3n) is 6.36. The number of carbonyl (C=O) groups excluding carboxylic acids is 3. The molecule has 5 rings (SSSR count). The molecule has 0 saturated heterocycles. The second-order valence-corrected chi connectivity index (χ2v) is 10.6. The van der Waals surface area contributed by atoms with Crippen LogP contribution >= 0.6 is 23.1 Å². The van der Waals surface area contributed by atoms with Crippen molar-refractivity contribution in [2.24, 2.45) is 0 Å². The minimum absolute atomic E-state index is 0.0122. The Morgan fingerprint density at radius 2 is 1.83 bits per heavy atom.